The lowest BCUT2D eigenvalue weighted by atomic mass is 10.2. The SMILES string of the molecule is COc1cc(OC)nc(NC(=O)CSc2nnc(-c3ccc(Cl)cc3Cl)n2CC(C)C)n1. The van der Waals surface area contributed by atoms with E-state index in [0.717, 1.165) is 5.56 Å². The Hall–Kier alpha value is -2.56. The van der Waals surface area contributed by atoms with E-state index in [0.29, 0.717) is 33.5 Å². The van der Waals surface area contributed by atoms with Gasteiger partial charge in [-0.25, -0.2) is 0 Å². The van der Waals surface area contributed by atoms with Crippen LogP contribution < -0.4 is 14.8 Å². The Balaban J connectivity index is 1.77. The number of thioether (sulfide) groups is 1. The Bertz CT molecular complexity index is 1090. The van der Waals surface area contributed by atoms with Crippen LogP contribution in [-0.4, -0.2) is 50.6 Å². The first kappa shape index (κ1) is 24.1. The molecule has 0 saturated heterocycles. The quantitative estimate of drug-likeness (QED) is 0.433. The average Bonchev–Trinajstić information content (AvgIpc) is 3.13. The van der Waals surface area contributed by atoms with Gasteiger partial charge in [-0.05, 0) is 24.1 Å². The molecule has 9 nitrogen and oxygen atoms in total. The van der Waals surface area contributed by atoms with E-state index in [2.05, 4.69) is 39.3 Å². The number of nitrogens with one attached hydrogen (secondary N) is 1. The number of aromatic nitrogens is 5. The third-order valence-corrected chi connectivity index (χ3v) is 5.63. The molecule has 1 N–H and O–H groups in total. The van der Waals surface area contributed by atoms with E-state index in [1.807, 2.05) is 4.57 Å². The van der Waals surface area contributed by atoms with Crippen LogP contribution in [0.4, 0.5) is 5.95 Å². The van der Waals surface area contributed by atoms with Crippen molar-refractivity contribution in [3.05, 3.63) is 34.3 Å². The first-order valence-corrected chi connectivity index (χ1v) is 11.3. The number of halogens is 2. The number of anilines is 1. The van der Waals surface area contributed by atoms with Gasteiger partial charge in [0.15, 0.2) is 11.0 Å². The molecule has 0 saturated carbocycles. The van der Waals surface area contributed by atoms with Crippen molar-refractivity contribution in [2.75, 3.05) is 25.3 Å². The van der Waals surface area contributed by atoms with Gasteiger partial charge < -0.3 is 14.0 Å². The lowest BCUT2D eigenvalue weighted by Crippen LogP contribution is -2.17. The summed E-state index contributed by atoms with van der Waals surface area (Å²) >= 11 is 13.7. The smallest absolute Gasteiger partial charge is 0.237 e. The summed E-state index contributed by atoms with van der Waals surface area (Å²) in [4.78, 5) is 20.7. The van der Waals surface area contributed by atoms with Gasteiger partial charge in [-0.15, -0.1) is 10.2 Å². The summed E-state index contributed by atoms with van der Waals surface area (Å²) in [6, 6.07) is 6.73. The topological polar surface area (TPSA) is 104 Å². The second-order valence-corrected chi connectivity index (χ2v) is 8.83. The van der Waals surface area contributed by atoms with Crippen molar-refractivity contribution in [3.8, 4) is 23.1 Å². The van der Waals surface area contributed by atoms with Gasteiger partial charge in [-0.1, -0.05) is 48.8 Å². The number of hydrogen-bond donors (Lipinski definition) is 1. The van der Waals surface area contributed by atoms with Gasteiger partial charge in [0.1, 0.15) is 0 Å². The van der Waals surface area contributed by atoms with Gasteiger partial charge in [0.25, 0.3) is 0 Å². The number of ether oxygens (including phenoxy) is 2. The zero-order valence-electron chi connectivity index (χ0n) is 17.9. The van der Waals surface area contributed by atoms with Crippen LogP contribution in [-0.2, 0) is 11.3 Å². The molecule has 3 aromatic rings. The maximum absolute atomic E-state index is 12.5. The second kappa shape index (κ2) is 10.8. The molecule has 12 heteroatoms. The summed E-state index contributed by atoms with van der Waals surface area (Å²) in [7, 11) is 2.94. The van der Waals surface area contributed by atoms with Crippen molar-refractivity contribution in [2.45, 2.75) is 25.5 Å². The van der Waals surface area contributed by atoms with Crippen molar-refractivity contribution < 1.29 is 14.3 Å². The van der Waals surface area contributed by atoms with Crippen LogP contribution in [0.5, 0.6) is 11.8 Å². The molecule has 1 amide bonds. The van der Waals surface area contributed by atoms with Crippen LogP contribution in [0.15, 0.2) is 29.4 Å². The predicted octanol–water partition coefficient (Wildman–Crippen LogP) is 4.45. The Morgan fingerprint density at radius 2 is 1.81 bits per heavy atom. The fraction of sp³-hybridized carbons (Fsp3) is 0.350. The molecule has 0 aliphatic heterocycles. The van der Waals surface area contributed by atoms with Gasteiger partial charge in [0, 0.05) is 17.1 Å². The number of carbonyl (C=O) groups excluding carboxylic acids is 1. The van der Waals surface area contributed by atoms with E-state index in [1.165, 1.54) is 32.0 Å². The van der Waals surface area contributed by atoms with Gasteiger partial charge in [-0.2, -0.15) is 9.97 Å². The molecule has 0 atom stereocenters. The molecular weight excluding hydrogens is 475 g/mol. The van der Waals surface area contributed by atoms with E-state index in [1.54, 1.807) is 18.2 Å². The first-order chi connectivity index (χ1) is 15.3. The zero-order valence-corrected chi connectivity index (χ0v) is 20.3. The third-order valence-electron chi connectivity index (χ3n) is 4.12. The summed E-state index contributed by atoms with van der Waals surface area (Å²) < 4.78 is 12.1. The number of carbonyl (C=O) groups is 1. The average molecular weight is 497 g/mol. The third kappa shape index (κ3) is 6.02. The number of nitrogens with zero attached hydrogens (tertiary/aromatic N) is 5. The number of amides is 1. The van der Waals surface area contributed by atoms with E-state index >= 15 is 0 Å². The van der Waals surface area contributed by atoms with Gasteiger partial charge in [-0.3, -0.25) is 10.1 Å². The fourth-order valence-electron chi connectivity index (χ4n) is 2.76. The number of methoxy groups -OCH3 is 2. The largest absolute Gasteiger partial charge is 0.481 e. The number of rotatable bonds is 9. The molecule has 0 bridgehead atoms. The normalized spacial score (nSPS) is 11.0. The van der Waals surface area contributed by atoms with Gasteiger partial charge in [0.2, 0.25) is 23.6 Å². The van der Waals surface area contributed by atoms with Crippen LogP contribution in [0.25, 0.3) is 11.4 Å². The highest BCUT2D eigenvalue weighted by Gasteiger charge is 2.19. The molecule has 0 aliphatic rings. The van der Waals surface area contributed by atoms with Gasteiger partial charge >= 0.3 is 0 Å². The highest BCUT2D eigenvalue weighted by Crippen LogP contribution is 2.32. The lowest BCUT2D eigenvalue weighted by molar-refractivity contribution is -0.113. The number of benzene rings is 1. The van der Waals surface area contributed by atoms with E-state index in [-0.39, 0.29) is 29.4 Å². The Kier molecular flexibility index (Phi) is 8.16. The summed E-state index contributed by atoms with van der Waals surface area (Å²) in [5, 5.41) is 12.8. The Labute approximate surface area is 199 Å². The van der Waals surface area contributed by atoms with Crippen LogP contribution in [0, 0.1) is 5.92 Å². The Morgan fingerprint density at radius 3 is 2.41 bits per heavy atom. The summed E-state index contributed by atoms with van der Waals surface area (Å²) in [5.41, 5.74) is 0.720. The minimum Gasteiger partial charge on any atom is -0.481 e. The second-order valence-electron chi connectivity index (χ2n) is 7.05. The van der Waals surface area contributed by atoms with Crippen molar-refractivity contribution >= 4 is 46.8 Å². The molecule has 0 spiro atoms. The van der Waals surface area contributed by atoms with Crippen LogP contribution in [0.2, 0.25) is 10.0 Å². The molecule has 0 aliphatic carbocycles. The molecule has 0 fully saturated rings. The molecule has 170 valence electrons. The summed E-state index contributed by atoms with van der Waals surface area (Å²) in [6.07, 6.45) is 0. The maximum atomic E-state index is 12.5. The Morgan fingerprint density at radius 1 is 1.12 bits per heavy atom. The van der Waals surface area contributed by atoms with Crippen molar-refractivity contribution in [1.82, 2.24) is 24.7 Å². The van der Waals surface area contributed by atoms with Crippen LogP contribution >= 0.6 is 35.0 Å². The monoisotopic (exact) mass is 496 g/mol. The van der Waals surface area contributed by atoms with Gasteiger partial charge in [0.05, 0.1) is 31.1 Å². The molecule has 0 radical (unpaired) electrons. The molecule has 2 heterocycles. The van der Waals surface area contributed by atoms with E-state index in [4.69, 9.17) is 32.7 Å². The van der Waals surface area contributed by atoms with Crippen LogP contribution in [0.1, 0.15) is 13.8 Å². The fourth-order valence-corrected chi connectivity index (χ4v) is 4.00. The molecule has 0 unspecified atom stereocenters. The predicted molar refractivity (Wildman–Crippen MR) is 125 cm³/mol. The molecule has 3 rings (SSSR count). The molecule has 2 aromatic heterocycles. The lowest BCUT2D eigenvalue weighted by Gasteiger charge is -2.13. The van der Waals surface area contributed by atoms with E-state index < -0.39 is 0 Å². The van der Waals surface area contributed by atoms with Crippen molar-refractivity contribution in [2.24, 2.45) is 5.92 Å². The first-order valence-electron chi connectivity index (χ1n) is 9.59. The zero-order chi connectivity index (χ0) is 23.3. The molecular formula is C20H22Cl2N6O3S. The summed E-state index contributed by atoms with van der Waals surface area (Å²) in [5.74, 6) is 1.35. The van der Waals surface area contributed by atoms with Crippen LogP contribution in [0.3, 0.4) is 0 Å². The van der Waals surface area contributed by atoms with Crippen molar-refractivity contribution in [1.29, 1.82) is 0 Å². The highest BCUT2D eigenvalue weighted by molar-refractivity contribution is 7.99. The minimum atomic E-state index is -0.310. The number of hydrogen-bond acceptors (Lipinski definition) is 8. The van der Waals surface area contributed by atoms with Crippen molar-refractivity contribution in [3.63, 3.8) is 0 Å². The standard InChI is InChI=1S/C20H22Cl2N6O3S/c1-11(2)9-28-18(13-6-5-12(21)7-14(13)22)26-27-20(28)32-10-15(29)23-19-24-16(30-3)8-17(25-19)31-4/h5-8,11H,9-10H2,1-4H3,(H,23,24,25,29). The highest BCUT2D eigenvalue weighted by atomic mass is 35.5. The van der Waals surface area contributed by atoms with E-state index in [9.17, 15) is 4.79 Å². The minimum absolute atomic E-state index is 0.0768. The molecule has 1 aromatic carbocycles. The summed E-state index contributed by atoms with van der Waals surface area (Å²) in [6.45, 7) is 4.82. The molecule has 32 heavy (non-hydrogen) atoms. The maximum Gasteiger partial charge on any atom is 0.237 e.